The van der Waals surface area contributed by atoms with Gasteiger partial charge in [-0.05, 0) is 18.2 Å². The van der Waals surface area contributed by atoms with Crippen molar-refractivity contribution in [2.75, 3.05) is 0 Å². The number of nitrogens with zero attached hydrogens (tertiary/aromatic N) is 3. The van der Waals surface area contributed by atoms with Crippen LogP contribution in [0.5, 0.6) is 0 Å². The van der Waals surface area contributed by atoms with E-state index >= 15 is 0 Å². The molecule has 0 N–H and O–H groups in total. The predicted molar refractivity (Wildman–Crippen MR) is 78.0 cm³/mol. The molecule has 0 aliphatic heterocycles. The Labute approximate surface area is 124 Å². The van der Waals surface area contributed by atoms with E-state index in [1.165, 1.54) is 12.1 Å². The molecule has 0 radical (unpaired) electrons. The molecule has 0 saturated carbocycles. The minimum atomic E-state index is -0.512. The summed E-state index contributed by atoms with van der Waals surface area (Å²) in [5.41, 5.74) is 1.38. The van der Waals surface area contributed by atoms with E-state index in [0.29, 0.717) is 5.56 Å². The summed E-state index contributed by atoms with van der Waals surface area (Å²) >= 11 is 6.08. The molecule has 4 nitrogen and oxygen atoms in total. The van der Waals surface area contributed by atoms with E-state index in [-0.39, 0.29) is 17.3 Å². The first-order valence-corrected chi connectivity index (χ1v) is 6.51. The van der Waals surface area contributed by atoms with Gasteiger partial charge in [-0.2, -0.15) is 4.99 Å². The summed E-state index contributed by atoms with van der Waals surface area (Å²) in [5.74, 6) is -0.512. The highest BCUT2D eigenvalue weighted by Crippen LogP contribution is 2.27. The van der Waals surface area contributed by atoms with E-state index in [0.717, 1.165) is 17.0 Å². The standard InChI is InChI=1S/C15H9ClFN3O/c16-13-5-11(19-9-21)6-14(17)12(13)8-20-4-2-10-1-3-18-7-15(10)20/h1-7H,8H2. The van der Waals surface area contributed by atoms with Crippen LogP contribution in [-0.4, -0.2) is 15.6 Å². The fourth-order valence-electron chi connectivity index (χ4n) is 2.19. The summed E-state index contributed by atoms with van der Waals surface area (Å²) in [6.07, 6.45) is 6.63. The number of benzene rings is 1. The molecule has 0 amide bonds. The van der Waals surface area contributed by atoms with Gasteiger partial charge < -0.3 is 4.57 Å². The predicted octanol–water partition coefficient (Wildman–Crippen LogP) is 3.84. The lowest BCUT2D eigenvalue weighted by atomic mass is 10.2. The third kappa shape index (κ3) is 2.57. The Balaban J connectivity index is 2.04. The van der Waals surface area contributed by atoms with Crippen LogP contribution in [0, 0.1) is 5.82 Å². The number of aliphatic imine (C=N–C) groups is 1. The topological polar surface area (TPSA) is 47.2 Å². The van der Waals surface area contributed by atoms with Crippen LogP contribution in [-0.2, 0) is 11.3 Å². The number of pyridine rings is 1. The van der Waals surface area contributed by atoms with Gasteiger partial charge in [-0.15, -0.1) is 0 Å². The number of carbonyl (C=O) groups excluding carboxylic acids is 1. The van der Waals surface area contributed by atoms with Crippen LogP contribution < -0.4 is 0 Å². The molecule has 3 rings (SSSR count). The summed E-state index contributed by atoms with van der Waals surface area (Å²) in [4.78, 5) is 17.7. The van der Waals surface area contributed by atoms with Crippen LogP contribution in [0.2, 0.25) is 5.02 Å². The molecule has 0 aliphatic rings. The maximum absolute atomic E-state index is 14.1. The zero-order valence-electron chi connectivity index (χ0n) is 10.8. The van der Waals surface area contributed by atoms with Gasteiger partial charge in [-0.3, -0.25) is 4.98 Å². The molecule has 2 heterocycles. The minimum absolute atomic E-state index is 0.148. The van der Waals surface area contributed by atoms with Gasteiger partial charge in [0.25, 0.3) is 0 Å². The van der Waals surface area contributed by atoms with Crippen molar-refractivity contribution in [2.24, 2.45) is 4.99 Å². The molecule has 0 aliphatic carbocycles. The molecule has 0 unspecified atom stereocenters. The van der Waals surface area contributed by atoms with Crippen molar-refractivity contribution < 1.29 is 9.18 Å². The van der Waals surface area contributed by atoms with Gasteiger partial charge in [0, 0.05) is 29.4 Å². The molecule has 1 aromatic carbocycles. The molecule has 0 fully saturated rings. The molecule has 3 aromatic rings. The van der Waals surface area contributed by atoms with Crippen molar-refractivity contribution in [3.8, 4) is 0 Å². The molecular formula is C15H9ClFN3O. The van der Waals surface area contributed by atoms with Gasteiger partial charge in [-0.25, -0.2) is 9.18 Å². The van der Waals surface area contributed by atoms with Crippen LogP contribution >= 0.6 is 11.6 Å². The lowest BCUT2D eigenvalue weighted by Gasteiger charge is -2.09. The van der Waals surface area contributed by atoms with E-state index in [2.05, 4.69) is 9.98 Å². The van der Waals surface area contributed by atoms with Crippen molar-refractivity contribution in [1.82, 2.24) is 9.55 Å². The zero-order valence-corrected chi connectivity index (χ0v) is 11.5. The number of hydrogen-bond donors (Lipinski definition) is 0. The lowest BCUT2D eigenvalue weighted by molar-refractivity contribution is 0.565. The molecular weight excluding hydrogens is 293 g/mol. The highest BCUT2D eigenvalue weighted by Gasteiger charge is 2.11. The van der Waals surface area contributed by atoms with Crippen molar-refractivity contribution >= 4 is 34.3 Å². The molecule has 0 spiro atoms. The van der Waals surface area contributed by atoms with Crippen LogP contribution in [0.3, 0.4) is 0 Å². The first-order valence-electron chi connectivity index (χ1n) is 6.13. The van der Waals surface area contributed by atoms with Crippen LogP contribution in [0.1, 0.15) is 5.56 Å². The Hall–Kier alpha value is -2.49. The fourth-order valence-corrected chi connectivity index (χ4v) is 2.46. The SMILES string of the molecule is O=C=Nc1cc(F)c(Cn2ccc3ccncc32)c(Cl)c1. The molecule has 0 bridgehead atoms. The summed E-state index contributed by atoms with van der Waals surface area (Å²) in [5, 5.41) is 1.23. The lowest BCUT2D eigenvalue weighted by Crippen LogP contribution is -2.01. The molecule has 2 aromatic heterocycles. The fraction of sp³-hybridized carbons (Fsp3) is 0.0667. The van der Waals surface area contributed by atoms with Gasteiger partial charge in [0.2, 0.25) is 6.08 Å². The number of fused-ring (bicyclic) bond motifs is 1. The third-order valence-corrected chi connectivity index (χ3v) is 3.54. The van der Waals surface area contributed by atoms with Crippen molar-refractivity contribution in [2.45, 2.75) is 6.54 Å². The number of hydrogen-bond acceptors (Lipinski definition) is 3. The monoisotopic (exact) mass is 301 g/mol. The van der Waals surface area contributed by atoms with Gasteiger partial charge in [-0.1, -0.05) is 11.6 Å². The van der Waals surface area contributed by atoms with Crippen molar-refractivity contribution in [1.29, 1.82) is 0 Å². The Morgan fingerprint density at radius 3 is 3.00 bits per heavy atom. The average molecular weight is 302 g/mol. The van der Waals surface area contributed by atoms with Crippen molar-refractivity contribution in [3.05, 3.63) is 59.3 Å². The summed E-state index contributed by atoms with van der Waals surface area (Å²) in [6.45, 7) is 0.269. The minimum Gasteiger partial charge on any atom is -0.342 e. The summed E-state index contributed by atoms with van der Waals surface area (Å²) < 4.78 is 16.0. The van der Waals surface area contributed by atoms with Gasteiger partial charge in [0.05, 0.1) is 29.0 Å². The van der Waals surface area contributed by atoms with Gasteiger partial charge in [0.1, 0.15) is 5.82 Å². The first-order chi connectivity index (χ1) is 10.2. The Bertz CT molecular complexity index is 845. The second-order valence-corrected chi connectivity index (χ2v) is 4.88. The Morgan fingerprint density at radius 2 is 2.24 bits per heavy atom. The summed E-state index contributed by atoms with van der Waals surface area (Å²) in [7, 11) is 0. The number of isocyanates is 1. The number of aromatic nitrogens is 2. The zero-order chi connectivity index (χ0) is 14.8. The Kier molecular flexibility index (Phi) is 3.52. The second-order valence-electron chi connectivity index (χ2n) is 4.47. The normalized spacial score (nSPS) is 10.6. The summed E-state index contributed by atoms with van der Waals surface area (Å²) in [6, 6.07) is 6.41. The largest absolute Gasteiger partial charge is 0.342 e. The van der Waals surface area contributed by atoms with E-state index in [1.807, 2.05) is 22.9 Å². The molecule has 0 atom stereocenters. The second kappa shape index (κ2) is 5.48. The maximum Gasteiger partial charge on any atom is 0.240 e. The van der Waals surface area contributed by atoms with E-state index in [4.69, 9.17) is 11.6 Å². The number of rotatable bonds is 3. The van der Waals surface area contributed by atoms with Crippen LogP contribution in [0.4, 0.5) is 10.1 Å². The van der Waals surface area contributed by atoms with Gasteiger partial charge in [0.15, 0.2) is 0 Å². The van der Waals surface area contributed by atoms with Crippen LogP contribution in [0.25, 0.3) is 10.9 Å². The maximum atomic E-state index is 14.1. The first kappa shape index (κ1) is 13.5. The average Bonchev–Trinajstić information content (AvgIpc) is 2.86. The van der Waals surface area contributed by atoms with E-state index < -0.39 is 5.82 Å². The van der Waals surface area contributed by atoms with E-state index in [9.17, 15) is 9.18 Å². The third-order valence-electron chi connectivity index (χ3n) is 3.21. The highest BCUT2D eigenvalue weighted by atomic mass is 35.5. The van der Waals surface area contributed by atoms with Crippen LogP contribution in [0.15, 0.2) is 47.8 Å². The van der Waals surface area contributed by atoms with Gasteiger partial charge >= 0.3 is 0 Å². The molecule has 0 saturated heterocycles. The van der Waals surface area contributed by atoms with Crippen molar-refractivity contribution in [3.63, 3.8) is 0 Å². The highest BCUT2D eigenvalue weighted by molar-refractivity contribution is 6.31. The molecule has 21 heavy (non-hydrogen) atoms. The molecule has 6 heteroatoms. The Morgan fingerprint density at radius 1 is 1.38 bits per heavy atom. The molecule has 104 valence electrons. The smallest absolute Gasteiger partial charge is 0.240 e. The number of halogens is 2. The van der Waals surface area contributed by atoms with E-state index in [1.54, 1.807) is 12.4 Å². The quantitative estimate of drug-likeness (QED) is 0.545.